The molecule has 0 heterocycles. The Bertz CT molecular complexity index is 518. The maximum atomic E-state index is 11.1. The van der Waals surface area contributed by atoms with Gasteiger partial charge in [0, 0.05) is 0 Å². The Hall–Kier alpha value is -0.0800. The van der Waals surface area contributed by atoms with Crippen LogP contribution in [0.2, 0.25) is 0 Å². The molecule has 0 aromatic heterocycles. The van der Waals surface area contributed by atoms with Gasteiger partial charge >= 0.3 is 0 Å². The van der Waals surface area contributed by atoms with Gasteiger partial charge in [0.05, 0.1) is 12.2 Å². The summed E-state index contributed by atoms with van der Waals surface area (Å²) in [5.41, 5.74) is 0.767. The molecule has 2 nitrogen and oxygen atoms in total. The molecule has 0 saturated heterocycles. The molecule has 0 radical (unpaired) electrons. The van der Waals surface area contributed by atoms with Gasteiger partial charge in [0.15, 0.2) is 0 Å². The molecule has 4 saturated carbocycles. The van der Waals surface area contributed by atoms with E-state index in [1.54, 1.807) is 0 Å². The highest BCUT2D eigenvalue weighted by molar-refractivity contribution is 5.11. The van der Waals surface area contributed by atoms with Gasteiger partial charge in [0.2, 0.25) is 0 Å². The predicted molar refractivity (Wildman–Crippen MR) is 107 cm³/mol. The Kier molecular flexibility index (Phi) is 5.01. The van der Waals surface area contributed by atoms with Crippen molar-refractivity contribution < 1.29 is 10.2 Å². The van der Waals surface area contributed by atoms with Crippen molar-refractivity contribution in [3.63, 3.8) is 0 Å². The molecule has 2 heteroatoms. The number of aliphatic hydroxyl groups is 2. The minimum atomic E-state index is -0.189. The lowest BCUT2D eigenvalue weighted by Gasteiger charge is -2.62. The highest BCUT2D eigenvalue weighted by Crippen LogP contribution is 2.68. The minimum absolute atomic E-state index is 0.182. The summed E-state index contributed by atoms with van der Waals surface area (Å²) >= 11 is 0. The van der Waals surface area contributed by atoms with Crippen LogP contribution in [0.15, 0.2) is 0 Å². The maximum absolute atomic E-state index is 11.1. The SMILES string of the molecule is CCC[C@@H](C)[C@H]1CCC2C3C[C@H](O)C4C[C@H](O)CC[C@]4(C)C3CC[C@@]21C. The number of hydrogen-bond donors (Lipinski definition) is 2. The van der Waals surface area contributed by atoms with E-state index in [-0.39, 0.29) is 17.6 Å². The van der Waals surface area contributed by atoms with Crippen molar-refractivity contribution in [1.29, 1.82) is 0 Å². The summed E-state index contributed by atoms with van der Waals surface area (Å²) in [4.78, 5) is 0. The Labute approximate surface area is 161 Å². The van der Waals surface area contributed by atoms with E-state index in [1.807, 2.05) is 0 Å². The van der Waals surface area contributed by atoms with E-state index < -0.39 is 0 Å². The van der Waals surface area contributed by atoms with Gasteiger partial charge in [0.1, 0.15) is 0 Å². The smallest absolute Gasteiger partial charge is 0.0577 e. The van der Waals surface area contributed by atoms with Crippen LogP contribution in [0, 0.1) is 46.3 Å². The van der Waals surface area contributed by atoms with Crippen LogP contribution in [0.3, 0.4) is 0 Å². The molecular formula is C24H42O2. The molecule has 0 amide bonds. The largest absolute Gasteiger partial charge is 0.393 e. The van der Waals surface area contributed by atoms with Crippen LogP contribution in [-0.4, -0.2) is 22.4 Å². The van der Waals surface area contributed by atoms with Crippen molar-refractivity contribution in [2.75, 3.05) is 0 Å². The first-order valence-electron chi connectivity index (χ1n) is 11.7. The fourth-order valence-corrected chi connectivity index (χ4v) is 8.91. The lowest BCUT2D eigenvalue weighted by atomic mass is 9.44. The molecule has 4 aliphatic carbocycles. The first-order chi connectivity index (χ1) is 12.3. The maximum Gasteiger partial charge on any atom is 0.0577 e. The molecule has 0 aromatic carbocycles. The zero-order chi connectivity index (χ0) is 18.7. The molecule has 26 heavy (non-hydrogen) atoms. The number of rotatable bonds is 3. The van der Waals surface area contributed by atoms with Crippen LogP contribution in [0.5, 0.6) is 0 Å². The Morgan fingerprint density at radius 1 is 0.885 bits per heavy atom. The molecule has 0 aliphatic heterocycles. The zero-order valence-corrected chi connectivity index (χ0v) is 17.6. The van der Waals surface area contributed by atoms with E-state index in [4.69, 9.17) is 0 Å². The second-order valence-corrected chi connectivity index (χ2v) is 11.2. The van der Waals surface area contributed by atoms with E-state index in [0.29, 0.717) is 11.3 Å². The van der Waals surface area contributed by atoms with Crippen LogP contribution in [-0.2, 0) is 0 Å². The van der Waals surface area contributed by atoms with Gasteiger partial charge in [-0.1, -0.05) is 40.5 Å². The highest BCUT2D eigenvalue weighted by atomic mass is 16.3. The fraction of sp³-hybridized carbons (Fsp3) is 1.00. The number of hydrogen-bond acceptors (Lipinski definition) is 2. The molecule has 0 spiro atoms. The first kappa shape index (κ1) is 19.2. The third-order valence-corrected chi connectivity index (χ3v) is 10.2. The van der Waals surface area contributed by atoms with E-state index in [9.17, 15) is 10.2 Å². The molecule has 2 N–H and O–H groups in total. The molecule has 4 fully saturated rings. The molecule has 4 rings (SSSR count). The highest BCUT2D eigenvalue weighted by Gasteiger charge is 2.62. The van der Waals surface area contributed by atoms with Crippen molar-refractivity contribution in [2.24, 2.45) is 46.3 Å². The van der Waals surface area contributed by atoms with Gasteiger partial charge < -0.3 is 10.2 Å². The van der Waals surface area contributed by atoms with E-state index >= 15 is 0 Å². The van der Waals surface area contributed by atoms with Gasteiger partial charge in [-0.05, 0) is 97.7 Å². The van der Waals surface area contributed by atoms with Gasteiger partial charge in [-0.2, -0.15) is 0 Å². The third kappa shape index (κ3) is 2.72. The summed E-state index contributed by atoms with van der Waals surface area (Å²) in [6.45, 7) is 9.92. The van der Waals surface area contributed by atoms with Gasteiger partial charge in [-0.25, -0.2) is 0 Å². The van der Waals surface area contributed by atoms with Gasteiger partial charge in [-0.15, -0.1) is 0 Å². The van der Waals surface area contributed by atoms with Crippen LogP contribution in [0.4, 0.5) is 0 Å². The van der Waals surface area contributed by atoms with Crippen molar-refractivity contribution in [2.45, 2.75) is 104 Å². The zero-order valence-electron chi connectivity index (χ0n) is 17.6. The lowest BCUT2D eigenvalue weighted by molar-refractivity contribution is -0.172. The van der Waals surface area contributed by atoms with E-state index in [0.717, 1.165) is 55.3 Å². The quantitative estimate of drug-likeness (QED) is 0.704. The molecule has 4 unspecified atom stereocenters. The topological polar surface area (TPSA) is 40.5 Å². The lowest BCUT2D eigenvalue weighted by Crippen LogP contribution is -2.58. The Balaban J connectivity index is 1.60. The monoisotopic (exact) mass is 362 g/mol. The van der Waals surface area contributed by atoms with E-state index in [1.165, 1.54) is 38.5 Å². The average Bonchev–Trinajstić information content (AvgIpc) is 2.94. The summed E-state index contributed by atoms with van der Waals surface area (Å²) in [7, 11) is 0. The Morgan fingerprint density at radius 3 is 2.31 bits per heavy atom. The van der Waals surface area contributed by atoms with Crippen LogP contribution < -0.4 is 0 Å². The number of fused-ring (bicyclic) bond motifs is 5. The van der Waals surface area contributed by atoms with Crippen molar-refractivity contribution in [1.82, 2.24) is 0 Å². The molecule has 4 aliphatic rings. The normalized spacial score (nSPS) is 54.9. The first-order valence-corrected chi connectivity index (χ1v) is 11.7. The van der Waals surface area contributed by atoms with Crippen molar-refractivity contribution in [3.8, 4) is 0 Å². The molecule has 150 valence electrons. The molecular weight excluding hydrogens is 320 g/mol. The minimum Gasteiger partial charge on any atom is -0.393 e. The summed E-state index contributed by atoms with van der Waals surface area (Å²) < 4.78 is 0. The number of aliphatic hydroxyl groups excluding tert-OH is 2. The fourth-order valence-electron chi connectivity index (χ4n) is 8.91. The summed E-state index contributed by atoms with van der Waals surface area (Å²) in [5, 5.41) is 21.3. The average molecular weight is 363 g/mol. The van der Waals surface area contributed by atoms with E-state index in [2.05, 4.69) is 27.7 Å². The van der Waals surface area contributed by atoms with Crippen LogP contribution in [0.1, 0.15) is 91.9 Å². The van der Waals surface area contributed by atoms with Crippen molar-refractivity contribution in [3.05, 3.63) is 0 Å². The second kappa shape index (κ2) is 6.76. The molecule has 10 atom stereocenters. The van der Waals surface area contributed by atoms with Gasteiger partial charge in [-0.3, -0.25) is 0 Å². The third-order valence-electron chi connectivity index (χ3n) is 10.2. The summed E-state index contributed by atoms with van der Waals surface area (Å²) in [6.07, 6.45) is 11.8. The van der Waals surface area contributed by atoms with Crippen molar-refractivity contribution >= 4 is 0 Å². The second-order valence-electron chi connectivity index (χ2n) is 11.2. The van der Waals surface area contributed by atoms with Crippen LogP contribution in [0.25, 0.3) is 0 Å². The molecule has 0 bridgehead atoms. The summed E-state index contributed by atoms with van der Waals surface area (Å²) in [5.74, 6) is 4.40. The predicted octanol–water partition coefficient (Wildman–Crippen LogP) is 5.41. The summed E-state index contributed by atoms with van der Waals surface area (Å²) in [6, 6.07) is 0. The standard InChI is InChI=1S/C24H42O2/c1-5-6-15(2)18-7-8-19-17-14-22(26)21-13-16(25)9-11-24(21,4)20(17)10-12-23(18,19)3/h15-22,25-26H,5-14H2,1-4H3/t15-,16-,17?,18-,19?,20?,21?,22+,23-,24-/m1/s1. The van der Waals surface area contributed by atoms with Gasteiger partial charge in [0.25, 0.3) is 0 Å². The van der Waals surface area contributed by atoms with Crippen LogP contribution >= 0.6 is 0 Å². The molecule has 0 aromatic rings. The Morgan fingerprint density at radius 2 is 1.58 bits per heavy atom.